The Morgan fingerprint density at radius 2 is 2.05 bits per heavy atom. The van der Waals surface area contributed by atoms with Gasteiger partial charge in [0.1, 0.15) is 5.82 Å². The number of rotatable bonds is 6. The van der Waals surface area contributed by atoms with E-state index in [1.807, 2.05) is 11.7 Å². The Bertz CT molecular complexity index is 598. The Hall–Kier alpha value is -0.850. The third kappa shape index (κ3) is 4.31. The van der Waals surface area contributed by atoms with E-state index < -0.39 is 0 Å². The molecule has 1 heterocycles. The van der Waals surface area contributed by atoms with Gasteiger partial charge in [0.15, 0.2) is 0 Å². The first-order chi connectivity index (χ1) is 10.0. The number of nitrogens with two attached hydrogens (primary N) is 1. The van der Waals surface area contributed by atoms with Gasteiger partial charge in [-0.1, -0.05) is 6.92 Å². The lowest BCUT2D eigenvalue weighted by Crippen LogP contribution is -2.26. The van der Waals surface area contributed by atoms with Gasteiger partial charge in [0.05, 0.1) is 15.9 Å². The van der Waals surface area contributed by atoms with Crippen LogP contribution in [-0.2, 0) is 19.9 Å². The maximum Gasteiger partial charge on any atom is 0.123 e. The molecule has 0 saturated heterocycles. The summed E-state index contributed by atoms with van der Waals surface area (Å²) in [6.07, 6.45) is 1.66. The predicted molar refractivity (Wildman–Crippen MR) is 89.1 cm³/mol. The maximum absolute atomic E-state index is 12.8. The van der Waals surface area contributed by atoms with Gasteiger partial charge in [-0.05, 0) is 46.6 Å². The molecule has 0 aliphatic heterocycles. The highest BCUT2D eigenvalue weighted by Crippen LogP contribution is 2.24. The van der Waals surface area contributed by atoms with Crippen molar-refractivity contribution in [2.75, 3.05) is 5.75 Å². The number of benzene rings is 1. The molecule has 6 heteroatoms. The average Bonchev–Trinajstić information content (AvgIpc) is 2.74. The molecule has 21 heavy (non-hydrogen) atoms. The van der Waals surface area contributed by atoms with Gasteiger partial charge in [0.2, 0.25) is 0 Å². The van der Waals surface area contributed by atoms with Crippen LogP contribution in [0.4, 0.5) is 4.39 Å². The minimum Gasteiger partial charge on any atom is -0.327 e. The minimum atomic E-state index is -0.213. The van der Waals surface area contributed by atoms with Gasteiger partial charge in [-0.25, -0.2) is 4.39 Å². The van der Waals surface area contributed by atoms with E-state index in [4.69, 9.17) is 5.73 Å². The Kier molecular flexibility index (Phi) is 5.84. The largest absolute Gasteiger partial charge is 0.327 e. The fourth-order valence-corrected chi connectivity index (χ4v) is 3.71. The van der Waals surface area contributed by atoms with E-state index in [2.05, 4.69) is 28.0 Å². The van der Waals surface area contributed by atoms with Crippen LogP contribution in [0.1, 0.15) is 18.3 Å². The van der Waals surface area contributed by atoms with Crippen molar-refractivity contribution in [1.82, 2.24) is 9.78 Å². The second-order valence-electron chi connectivity index (χ2n) is 4.91. The van der Waals surface area contributed by atoms with Crippen LogP contribution < -0.4 is 5.73 Å². The number of nitrogens with zero attached hydrogens (tertiary/aromatic N) is 2. The zero-order chi connectivity index (χ0) is 15.4. The van der Waals surface area contributed by atoms with Crippen LogP contribution in [0.15, 0.2) is 33.6 Å². The van der Waals surface area contributed by atoms with Crippen molar-refractivity contribution in [1.29, 1.82) is 0 Å². The van der Waals surface area contributed by atoms with Crippen molar-refractivity contribution in [2.24, 2.45) is 12.8 Å². The molecule has 0 aliphatic rings. The van der Waals surface area contributed by atoms with Crippen molar-refractivity contribution < 1.29 is 4.39 Å². The van der Waals surface area contributed by atoms with Crippen LogP contribution in [0.25, 0.3) is 0 Å². The van der Waals surface area contributed by atoms with Crippen LogP contribution in [0.2, 0.25) is 0 Å². The summed E-state index contributed by atoms with van der Waals surface area (Å²) in [6, 6.07) is 6.53. The summed E-state index contributed by atoms with van der Waals surface area (Å²) in [4.78, 5) is 1.03. The Labute approximate surface area is 137 Å². The molecular formula is C15H19BrFN3S. The number of hydrogen-bond donors (Lipinski definition) is 1. The highest BCUT2D eigenvalue weighted by atomic mass is 79.9. The number of hydrogen-bond acceptors (Lipinski definition) is 3. The van der Waals surface area contributed by atoms with E-state index in [1.165, 1.54) is 12.1 Å². The smallest absolute Gasteiger partial charge is 0.123 e. The van der Waals surface area contributed by atoms with E-state index in [0.717, 1.165) is 39.4 Å². The highest BCUT2D eigenvalue weighted by Gasteiger charge is 2.15. The topological polar surface area (TPSA) is 43.8 Å². The molecule has 0 radical (unpaired) electrons. The van der Waals surface area contributed by atoms with Crippen molar-refractivity contribution in [3.63, 3.8) is 0 Å². The zero-order valence-electron chi connectivity index (χ0n) is 12.1. The molecule has 0 fully saturated rings. The molecule has 0 aliphatic carbocycles. The van der Waals surface area contributed by atoms with Crippen LogP contribution in [0.3, 0.4) is 0 Å². The predicted octanol–water partition coefficient (Wildman–Crippen LogP) is 3.55. The quantitative estimate of drug-likeness (QED) is 0.789. The van der Waals surface area contributed by atoms with Crippen LogP contribution in [0, 0.1) is 5.82 Å². The molecule has 2 N–H and O–H groups in total. The monoisotopic (exact) mass is 371 g/mol. The molecule has 0 spiro atoms. The molecule has 1 aromatic heterocycles. The SMILES string of the molecule is CCc1nn(C)c(CC(N)CSc2ccc(F)cc2)c1Br. The number of thioether (sulfide) groups is 1. The molecular weight excluding hydrogens is 353 g/mol. The molecule has 1 atom stereocenters. The second-order valence-corrected chi connectivity index (χ2v) is 6.80. The zero-order valence-corrected chi connectivity index (χ0v) is 14.5. The normalized spacial score (nSPS) is 12.6. The number of aromatic nitrogens is 2. The van der Waals surface area contributed by atoms with Crippen LogP contribution >= 0.6 is 27.7 Å². The Morgan fingerprint density at radius 3 is 2.62 bits per heavy atom. The van der Waals surface area contributed by atoms with Crippen molar-refractivity contribution in [3.8, 4) is 0 Å². The first kappa shape index (κ1) is 16.5. The third-order valence-electron chi connectivity index (χ3n) is 3.24. The van der Waals surface area contributed by atoms with E-state index in [0.29, 0.717) is 0 Å². The molecule has 3 nitrogen and oxygen atoms in total. The summed E-state index contributed by atoms with van der Waals surface area (Å²) in [6.45, 7) is 2.08. The lowest BCUT2D eigenvalue weighted by molar-refractivity contribution is 0.626. The van der Waals surface area contributed by atoms with Gasteiger partial charge in [-0.3, -0.25) is 4.68 Å². The van der Waals surface area contributed by atoms with E-state index in [9.17, 15) is 4.39 Å². The summed E-state index contributed by atoms with van der Waals surface area (Å²) >= 11 is 5.25. The van der Waals surface area contributed by atoms with Gasteiger partial charge >= 0.3 is 0 Å². The molecule has 1 unspecified atom stereocenters. The summed E-state index contributed by atoms with van der Waals surface area (Å²) in [5.74, 6) is 0.569. The van der Waals surface area contributed by atoms with Crippen molar-refractivity contribution in [3.05, 3.63) is 45.9 Å². The molecule has 0 saturated carbocycles. The molecule has 0 bridgehead atoms. The molecule has 1 aromatic carbocycles. The van der Waals surface area contributed by atoms with Gasteiger partial charge in [0, 0.05) is 30.2 Å². The van der Waals surface area contributed by atoms with Gasteiger partial charge < -0.3 is 5.73 Å². The highest BCUT2D eigenvalue weighted by molar-refractivity contribution is 9.10. The summed E-state index contributed by atoms with van der Waals surface area (Å²) in [5.41, 5.74) is 8.40. The molecule has 114 valence electrons. The Morgan fingerprint density at radius 1 is 1.38 bits per heavy atom. The first-order valence-corrected chi connectivity index (χ1v) is 8.63. The minimum absolute atomic E-state index is 0.0245. The fourth-order valence-electron chi connectivity index (χ4n) is 2.08. The molecule has 2 rings (SSSR count). The van der Waals surface area contributed by atoms with Crippen LogP contribution in [0.5, 0.6) is 0 Å². The Balaban J connectivity index is 1.94. The second kappa shape index (κ2) is 7.42. The first-order valence-electron chi connectivity index (χ1n) is 6.85. The summed E-state index contributed by atoms with van der Waals surface area (Å²) in [5, 5.41) is 4.48. The fraction of sp³-hybridized carbons (Fsp3) is 0.400. The lowest BCUT2D eigenvalue weighted by atomic mass is 10.2. The maximum atomic E-state index is 12.8. The average molecular weight is 372 g/mol. The number of aryl methyl sites for hydroxylation is 2. The summed E-state index contributed by atoms with van der Waals surface area (Å²) < 4.78 is 15.8. The molecule has 0 amide bonds. The van der Waals surface area contributed by atoms with Gasteiger partial charge in [-0.2, -0.15) is 5.10 Å². The standard InChI is InChI=1S/C15H19BrFN3S/c1-3-13-15(16)14(20(2)19-13)8-11(18)9-21-12-6-4-10(17)5-7-12/h4-7,11H,3,8-9,18H2,1-2H3. The van der Waals surface area contributed by atoms with Crippen molar-refractivity contribution in [2.45, 2.75) is 30.7 Å². The molecule has 2 aromatic rings. The van der Waals surface area contributed by atoms with Crippen molar-refractivity contribution >= 4 is 27.7 Å². The van der Waals surface area contributed by atoms with Gasteiger partial charge in [0.25, 0.3) is 0 Å². The van der Waals surface area contributed by atoms with E-state index in [-0.39, 0.29) is 11.9 Å². The van der Waals surface area contributed by atoms with E-state index in [1.54, 1.807) is 23.9 Å². The lowest BCUT2D eigenvalue weighted by Gasteiger charge is -2.12. The van der Waals surface area contributed by atoms with Crippen LogP contribution in [-0.4, -0.2) is 21.6 Å². The van der Waals surface area contributed by atoms with E-state index >= 15 is 0 Å². The van der Waals surface area contributed by atoms with Gasteiger partial charge in [-0.15, -0.1) is 11.8 Å². The number of halogens is 2. The third-order valence-corrected chi connectivity index (χ3v) is 5.35. The summed E-state index contributed by atoms with van der Waals surface area (Å²) in [7, 11) is 1.94.